The van der Waals surface area contributed by atoms with Gasteiger partial charge < -0.3 is 11.1 Å². The van der Waals surface area contributed by atoms with Gasteiger partial charge in [0.2, 0.25) is 0 Å². The second-order valence-corrected chi connectivity index (χ2v) is 6.61. The van der Waals surface area contributed by atoms with Crippen LogP contribution in [-0.2, 0) is 0 Å². The largest absolute Gasteiger partial charge is 0.329 e. The Labute approximate surface area is 112 Å². The van der Waals surface area contributed by atoms with Crippen molar-refractivity contribution in [2.45, 2.75) is 46.6 Å². The summed E-state index contributed by atoms with van der Waals surface area (Å²) in [5.74, 6) is 3.49. The van der Waals surface area contributed by atoms with Crippen molar-refractivity contribution in [2.75, 3.05) is 25.1 Å². The van der Waals surface area contributed by atoms with Gasteiger partial charge in [-0.2, -0.15) is 11.8 Å². The topological polar surface area (TPSA) is 38.0 Å². The van der Waals surface area contributed by atoms with E-state index in [0.717, 1.165) is 30.8 Å². The Morgan fingerprint density at radius 2 is 1.71 bits per heavy atom. The smallest absolute Gasteiger partial charge is 0.0190 e. The van der Waals surface area contributed by atoms with Crippen LogP contribution in [0.2, 0.25) is 0 Å². The molecular formula is C14H32N2S. The molecule has 0 bridgehead atoms. The fourth-order valence-electron chi connectivity index (χ4n) is 2.32. The number of hydrogen-bond acceptors (Lipinski definition) is 3. The lowest BCUT2D eigenvalue weighted by atomic mass is 9.85. The lowest BCUT2D eigenvalue weighted by Crippen LogP contribution is -2.41. The SMILES string of the molecule is CSCCCC(CN)NCC(C(C)C)C(C)C. The van der Waals surface area contributed by atoms with Gasteiger partial charge in [-0.1, -0.05) is 27.7 Å². The molecule has 0 fully saturated rings. The van der Waals surface area contributed by atoms with Crippen molar-refractivity contribution in [3.05, 3.63) is 0 Å². The van der Waals surface area contributed by atoms with Crippen molar-refractivity contribution in [3.63, 3.8) is 0 Å². The fourth-order valence-corrected chi connectivity index (χ4v) is 2.78. The first kappa shape index (κ1) is 17.3. The molecule has 104 valence electrons. The molecule has 0 radical (unpaired) electrons. The molecule has 0 aromatic heterocycles. The Hall–Kier alpha value is 0.270. The minimum absolute atomic E-state index is 0.502. The molecule has 1 unspecified atom stereocenters. The second kappa shape index (κ2) is 10.2. The van der Waals surface area contributed by atoms with Crippen molar-refractivity contribution >= 4 is 11.8 Å². The van der Waals surface area contributed by atoms with Crippen LogP contribution in [-0.4, -0.2) is 31.1 Å². The van der Waals surface area contributed by atoms with Crippen LogP contribution in [0.5, 0.6) is 0 Å². The third-order valence-corrected chi connectivity index (χ3v) is 4.24. The molecule has 0 aromatic rings. The molecule has 2 nitrogen and oxygen atoms in total. The van der Waals surface area contributed by atoms with Crippen molar-refractivity contribution < 1.29 is 0 Å². The summed E-state index contributed by atoms with van der Waals surface area (Å²) in [6, 6.07) is 0.502. The highest BCUT2D eigenvalue weighted by molar-refractivity contribution is 7.98. The van der Waals surface area contributed by atoms with Gasteiger partial charge in [-0.15, -0.1) is 0 Å². The van der Waals surface area contributed by atoms with E-state index in [9.17, 15) is 0 Å². The van der Waals surface area contributed by atoms with E-state index in [1.165, 1.54) is 18.6 Å². The molecule has 0 aliphatic heterocycles. The van der Waals surface area contributed by atoms with Crippen LogP contribution >= 0.6 is 11.8 Å². The second-order valence-electron chi connectivity index (χ2n) is 5.63. The van der Waals surface area contributed by atoms with Gasteiger partial charge in [0, 0.05) is 12.6 Å². The van der Waals surface area contributed by atoms with E-state index in [1.54, 1.807) is 0 Å². The molecule has 3 N–H and O–H groups in total. The normalized spacial score (nSPS) is 13.9. The maximum Gasteiger partial charge on any atom is 0.0190 e. The van der Waals surface area contributed by atoms with Gasteiger partial charge in [0.1, 0.15) is 0 Å². The molecule has 0 rings (SSSR count). The Bertz CT molecular complexity index is 164. The van der Waals surface area contributed by atoms with E-state index in [2.05, 4.69) is 39.3 Å². The summed E-state index contributed by atoms with van der Waals surface area (Å²) in [5, 5.41) is 3.66. The molecule has 0 aliphatic carbocycles. The van der Waals surface area contributed by atoms with Crippen LogP contribution in [0.4, 0.5) is 0 Å². The summed E-state index contributed by atoms with van der Waals surface area (Å²) < 4.78 is 0. The van der Waals surface area contributed by atoms with E-state index >= 15 is 0 Å². The Balaban J connectivity index is 3.93. The maximum absolute atomic E-state index is 5.82. The average molecular weight is 260 g/mol. The highest BCUT2D eigenvalue weighted by Gasteiger charge is 2.18. The van der Waals surface area contributed by atoms with E-state index in [4.69, 9.17) is 5.73 Å². The van der Waals surface area contributed by atoms with Crippen LogP contribution in [0.25, 0.3) is 0 Å². The fraction of sp³-hybridized carbons (Fsp3) is 1.00. The zero-order valence-corrected chi connectivity index (χ0v) is 13.1. The zero-order chi connectivity index (χ0) is 13.3. The van der Waals surface area contributed by atoms with Gasteiger partial charge in [-0.25, -0.2) is 0 Å². The van der Waals surface area contributed by atoms with Crippen LogP contribution < -0.4 is 11.1 Å². The third kappa shape index (κ3) is 8.06. The highest BCUT2D eigenvalue weighted by atomic mass is 32.2. The Morgan fingerprint density at radius 1 is 1.12 bits per heavy atom. The summed E-state index contributed by atoms with van der Waals surface area (Å²) >= 11 is 1.92. The summed E-state index contributed by atoms with van der Waals surface area (Å²) in [6.07, 6.45) is 4.64. The van der Waals surface area contributed by atoms with Gasteiger partial charge >= 0.3 is 0 Å². The van der Waals surface area contributed by atoms with E-state index in [-0.39, 0.29) is 0 Å². The maximum atomic E-state index is 5.82. The van der Waals surface area contributed by atoms with Crippen molar-refractivity contribution in [2.24, 2.45) is 23.5 Å². The minimum Gasteiger partial charge on any atom is -0.329 e. The van der Waals surface area contributed by atoms with Crippen LogP contribution in [0, 0.1) is 17.8 Å². The molecule has 0 aromatic carbocycles. The van der Waals surface area contributed by atoms with Gasteiger partial charge in [0.15, 0.2) is 0 Å². The zero-order valence-electron chi connectivity index (χ0n) is 12.3. The molecular weight excluding hydrogens is 228 g/mol. The Morgan fingerprint density at radius 3 is 2.12 bits per heavy atom. The standard InChI is InChI=1S/C14H32N2S/c1-11(2)14(12(3)4)10-16-13(9-15)7-6-8-17-5/h11-14,16H,6-10,15H2,1-5H3. The predicted molar refractivity (Wildman–Crippen MR) is 81.6 cm³/mol. The minimum atomic E-state index is 0.502. The Kier molecular flexibility index (Phi) is 10.4. The average Bonchev–Trinajstić information content (AvgIpc) is 2.26. The molecule has 0 saturated carbocycles. The predicted octanol–water partition coefficient (Wildman–Crippen LogP) is 2.97. The first-order valence-corrected chi connectivity index (χ1v) is 8.34. The third-order valence-electron chi connectivity index (χ3n) is 3.54. The van der Waals surface area contributed by atoms with Gasteiger partial charge in [-0.3, -0.25) is 0 Å². The molecule has 0 saturated heterocycles. The molecule has 0 spiro atoms. The first-order valence-electron chi connectivity index (χ1n) is 6.95. The van der Waals surface area contributed by atoms with Crippen molar-refractivity contribution in [1.29, 1.82) is 0 Å². The summed E-state index contributed by atoms with van der Waals surface area (Å²) in [5.41, 5.74) is 5.82. The number of nitrogens with one attached hydrogen (secondary N) is 1. The first-order chi connectivity index (χ1) is 8.02. The van der Waals surface area contributed by atoms with E-state index < -0.39 is 0 Å². The molecule has 3 heteroatoms. The van der Waals surface area contributed by atoms with Crippen LogP contribution in [0.1, 0.15) is 40.5 Å². The van der Waals surface area contributed by atoms with E-state index in [1.807, 2.05) is 11.8 Å². The quantitative estimate of drug-likeness (QED) is 0.593. The lowest BCUT2D eigenvalue weighted by molar-refractivity contribution is 0.263. The summed E-state index contributed by atoms with van der Waals surface area (Å²) in [7, 11) is 0. The molecule has 1 atom stereocenters. The van der Waals surface area contributed by atoms with Gasteiger partial charge in [0.05, 0.1) is 0 Å². The molecule has 0 aliphatic rings. The summed E-state index contributed by atoms with van der Waals surface area (Å²) in [4.78, 5) is 0. The molecule has 0 heterocycles. The highest BCUT2D eigenvalue weighted by Crippen LogP contribution is 2.19. The number of hydrogen-bond donors (Lipinski definition) is 2. The van der Waals surface area contributed by atoms with Crippen molar-refractivity contribution in [3.8, 4) is 0 Å². The number of nitrogens with two attached hydrogens (primary N) is 1. The van der Waals surface area contributed by atoms with E-state index in [0.29, 0.717) is 6.04 Å². The van der Waals surface area contributed by atoms with Crippen molar-refractivity contribution in [1.82, 2.24) is 5.32 Å². The van der Waals surface area contributed by atoms with Gasteiger partial charge in [0.25, 0.3) is 0 Å². The number of rotatable bonds is 10. The molecule has 0 amide bonds. The lowest BCUT2D eigenvalue weighted by Gasteiger charge is -2.27. The molecule has 17 heavy (non-hydrogen) atoms. The van der Waals surface area contributed by atoms with Gasteiger partial charge in [-0.05, 0) is 49.1 Å². The van der Waals surface area contributed by atoms with Crippen LogP contribution in [0.15, 0.2) is 0 Å². The number of thioether (sulfide) groups is 1. The monoisotopic (exact) mass is 260 g/mol. The van der Waals surface area contributed by atoms with Crippen LogP contribution in [0.3, 0.4) is 0 Å². The summed E-state index contributed by atoms with van der Waals surface area (Å²) in [6.45, 7) is 11.1.